The lowest BCUT2D eigenvalue weighted by molar-refractivity contribution is 0.167. The molecular formula is C17H19NO3S. The number of thiazole rings is 1. The van der Waals surface area contributed by atoms with Gasteiger partial charge in [0.25, 0.3) is 0 Å². The second-order valence-electron chi connectivity index (χ2n) is 5.51. The summed E-state index contributed by atoms with van der Waals surface area (Å²) in [5, 5.41) is 10.6. The number of hydrogen-bond acceptors (Lipinski definition) is 5. The van der Waals surface area contributed by atoms with E-state index in [4.69, 9.17) is 9.47 Å². The van der Waals surface area contributed by atoms with E-state index in [0.717, 1.165) is 40.8 Å². The molecule has 5 heteroatoms. The van der Waals surface area contributed by atoms with Gasteiger partial charge in [-0.3, -0.25) is 0 Å². The fraction of sp³-hybridized carbons (Fsp3) is 0.353. The fourth-order valence-corrected chi connectivity index (χ4v) is 3.14. The maximum Gasteiger partial charge on any atom is 0.123 e. The largest absolute Gasteiger partial charge is 0.508 e. The van der Waals surface area contributed by atoms with E-state index in [9.17, 15) is 5.11 Å². The van der Waals surface area contributed by atoms with Crippen molar-refractivity contribution in [3.63, 3.8) is 0 Å². The van der Waals surface area contributed by atoms with Gasteiger partial charge in [-0.05, 0) is 31.5 Å². The van der Waals surface area contributed by atoms with Crippen LogP contribution < -0.4 is 4.74 Å². The lowest BCUT2D eigenvalue weighted by atomic mass is 10.1. The molecule has 1 unspecified atom stereocenters. The number of hydrogen-bond donors (Lipinski definition) is 1. The number of aliphatic hydroxyl groups is 1. The molecule has 2 heterocycles. The molecule has 22 heavy (non-hydrogen) atoms. The topological polar surface area (TPSA) is 51.6 Å². The van der Waals surface area contributed by atoms with Crippen LogP contribution in [-0.2, 0) is 4.74 Å². The first-order valence-electron chi connectivity index (χ1n) is 7.28. The maximum absolute atomic E-state index is 9.72. The molecule has 0 amide bonds. The minimum atomic E-state index is 0.0316. The number of aromatic nitrogens is 1. The van der Waals surface area contributed by atoms with E-state index in [-0.39, 0.29) is 5.76 Å². The van der Waals surface area contributed by atoms with Crippen molar-refractivity contribution in [1.29, 1.82) is 0 Å². The van der Waals surface area contributed by atoms with Crippen molar-refractivity contribution in [3.8, 4) is 16.3 Å². The van der Waals surface area contributed by atoms with Gasteiger partial charge >= 0.3 is 0 Å². The van der Waals surface area contributed by atoms with E-state index < -0.39 is 0 Å². The number of benzene rings is 1. The lowest BCUT2D eigenvalue weighted by Crippen LogP contribution is -2.11. The molecule has 1 aliphatic heterocycles. The fourth-order valence-electron chi connectivity index (χ4n) is 2.39. The van der Waals surface area contributed by atoms with Gasteiger partial charge in [0.1, 0.15) is 16.5 Å². The van der Waals surface area contributed by atoms with E-state index >= 15 is 0 Å². The molecule has 4 nitrogen and oxygen atoms in total. The third-order valence-corrected chi connectivity index (χ3v) is 4.58. The van der Waals surface area contributed by atoms with E-state index in [1.165, 1.54) is 0 Å². The third kappa shape index (κ3) is 3.48. The van der Waals surface area contributed by atoms with Crippen LogP contribution in [0.25, 0.3) is 16.3 Å². The Morgan fingerprint density at radius 3 is 3.00 bits per heavy atom. The number of aryl methyl sites for hydroxylation is 1. The van der Waals surface area contributed by atoms with Gasteiger partial charge in [-0.2, -0.15) is 0 Å². The van der Waals surface area contributed by atoms with Crippen LogP contribution in [0.3, 0.4) is 0 Å². The molecule has 1 saturated heterocycles. The minimum absolute atomic E-state index is 0.0316. The average molecular weight is 317 g/mol. The molecule has 0 aliphatic carbocycles. The summed E-state index contributed by atoms with van der Waals surface area (Å²) < 4.78 is 11.3. The summed E-state index contributed by atoms with van der Waals surface area (Å²) in [5.74, 6) is 1.19. The van der Waals surface area contributed by atoms with Crippen LogP contribution in [0, 0.1) is 12.8 Å². The molecule has 116 valence electrons. The highest BCUT2D eigenvalue weighted by atomic mass is 32.1. The van der Waals surface area contributed by atoms with Gasteiger partial charge in [-0.15, -0.1) is 11.3 Å². The third-order valence-electron chi connectivity index (χ3n) is 3.62. The lowest BCUT2D eigenvalue weighted by Gasteiger charge is -2.12. The van der Waals surface area contributed by atoms with Crippen LogP contribution in [-0.4, -0.2) is 29.9 Å². The van der Waals surface area contributed by atoms with Crippen molar-refractivity contribution in [2.75, 3.05) is 19.8 Å². The van der Waals surface area contributed by atoms with Crippen LogP contribution in [0.15, 0.2) is 31.0 Å². The molecule has 0 radical (unpaired) electrons. The van der Waals surface area contributed by atoms with E-state index in [2.05, 4.69) is 11.6 Å². The maximum atomic E-state index is 9.72. The van der Waals surface area contributed by atoms with Crippen LogP contribution in [0.2, 0.25) is 0 Å². The Kier molecular flexibility index (Phi) is 4.45. The molecule has 1 aromatic carbocycles. The Labute approximate surface area is 134 Å². The van der Waals surface area contributed by atoms with Crippen LogP contribution >= 0.6 is 11.3 Å². The highest BCUT2D eigenvalue weighted by Crippen LogP contribution is 2.31. The van der Waals surface area contributed by atoms with Crippen molar-refractivity contribution in [2.24, 2.45) is 5.92 Å². The monoisotopic (exact) mass is 317 g/mol. The predicted molar refractivity (Wildman–Crippen MR) is 88.4 cm³/mol. The van der Waals surface area contributed by atoms with Crippen molar-refractivity contribution in [3.05, 3.63) is 41.4 Å². The van der Waals surface area contributed by atoms with Gasteiger partial charge in [0.2, 0.25) is 0 Å². The summed E-state index contributed by atoms with van der Waals surface area (Å²) in [6.07, 6.45) is 2.88. The van der Waals surface area contributed by atoms with Gasteiger partial charge in [-0.25, -0.2) is 4.98 Å². The molecule has 2 aromatic rings. The molecule has 0 saturated carbocycles. The SMILES string of the molecule is C=C(O)c1cc(OCC2CCOC2)cc(-c2ncc(C)s2)c1. The Morgan fingerprint density at radius 1 is 1.50 bits per heavy atom. The van der Waals surface area contributed by atoms with Gasteiger partial charge in [0.05, 0.1) is 13.2 Å². The molecule has 0 bridgehead atoms. The van der Waals surface area contributed by atoms with E-state index in [1.807, 2.05) is 31.3 Å². The Morgan fingerprint density at radius 2 is 2.36 bits per heavy atom. The summed E-state index contributed by atoms with van der Waals surface area (Å²) in [4.78, 5) is 5.54. The van der Waals surface area contributed by atoms with Crippen molar-refractivity contribution >= 4 is 17.1 Å². The Hall–Kier alpha value is -1.85. The number of nitrogens with zero attached hydrogens (tertiary/aromatic N) is 1. The molecule has 1 N–H and O–H groups in total. The zero-order valence-electron chi connectivity index (χ0n) is 12.5. The summed E-state index contributed by atoms with van der Waals surface area (Å²) >= 11 is 1.62. The molecule has 3 rings (SSSR count). The predicted octanol–water partition coefficient (Wildman–Crippen LogP) is 4.06. The van der Waals surface area contributed by atoms with Crippen molar-refractivity contribution in [2.45, 2.75) is 13.3 Å². The summed E-state index contributed by atoms with van der Waals surface area (Å²) in [6.45, 7) is 7.82. The highest BCUT2D eigenvalue weighted by molar-refractivity contribution is 7.14. The quantitative estimate of drug-likeness (QED) is 0.845. The van der Waals surface area contributed by atoms with Gasteiger partial charge in [-0.1, -0.05) is 6.58 Å². The van der Waals surface area contributed by atoms with Crippen LogP contribution in [0.5, 0.6) is 5.75 Å². The van der Waals surface area contributed by atoms with Crippen molar-refractivity contribution < 1.29 is 14.6 Å². The summed E-state index contributed by atoms with van der Waals surface area (Å²) in [5.41, 5.74) is 1.59. The first-order chi connectivity index (χ1) is 10.6. The van der Waals surface area contributed by atoms with Crippen LogP contribution in [0.1, 0.15) is 16.9 Å². The Balaban J connectivity index is 1.84. The van der Waals surface area contributed by atoms with Gasteiger partial charge in [0, 0.05) is 34.7 Å². The summed E-state index contributed by atoms with van der Waals surface area (Å²) in [7, 11) is 0. The highest BCUT2D eigenvalue weighted by Gasteiger charge is 2.17. The standard InChI is InChI=1S/C17H19NO3S/c1-11-8-18-17(22-11)15-5-14(12(2)19)6-16(7-15)21-10-13-3-4-20-9-13/h5-8,13,19H,2-4,9-10H2,1H3. The zero-order valence-corrected chi connectivity index (χ0v) is 13.4. The molecular weight excluding hydrogens is 298 g/mol. The normalized spacial score (nSPS) is 17.6. The van der Waals surface area contributed by atoms with Gasteiger partial charge < -0.3 is 14.6 Å². The zero-order chi connectivity index (χ0) is 15.5. The number of ether oxygens (including phenoxy) is 2. The molecule has 1 aliphatic rings. The number of aliphatic hydroxyl groups excluding tert-OH is 1. The molecule has 1 fully saturated rings. The summed E-state index contributed by atoms with van der Waals surface area (Å²) in [6, 6.07) is 5.65. The first kappa shape index (κ1) is 15.1. The minimum Gasteiger partial charge on any atom is -0.508 e. The second kappa shape index (κ2) is 6.50. The molecule has 1 aromatic heterocycles. The smallest absolute Gasteiger partial charge is 0.123 e. The molecule has 0 spiro atoms. The van der Waals surface area contributed by atoms with E-state index in [1.54, 1.807) is 11.3 Å². The van der Waals surface area contributed by atoms with Crippen molar-refractivity contribution in [1.82, 2.24) is 4.98 Å². The van der Waals surface area contributed by atoms with Gasteiger partial charge in [0.15, 0.2) is 0 Å². The van der Waals surface area contributed by atoms with E-state index in [0.29, 0.717) is 18.1 Å². The average Bonchev–Trinajstić information content (AvgIpc) is 3.16. The Bertz CT molecular complexity index is 674. The van der Waals surface area contributed by atoms with Crippen LogP contribution in [0.4, 0.5) is 0 Å². The first-order valence-corrected chi connectivity index (χ1v) is 8.10. The second-order valence-corrected chi connectivity index (χ2v) is 6.74. The molecule has 1 atom stereocenters. The number of rotatable bonds is 5.